The Kier molecular flexibility index (Phi) is 7.59. The molecule has 1 unspecified atom stereocenters. The van der Waals surface area contributed by atoms with E-state index in [0.29, 0.717) is 19.3 Å². The third-order valence-corrected chi connectivity index (χ3v) is 4.90. The van der Waals surface area contributed by atoms with Crippen LogP contribution in [0.5, 0.6) is 11.5 Å². The summed E-state index contributed by atoms with van der Waals surface area (Å²) in [5, 5.41) is 6.72. The van der Waals surface area contributed by atoms with Gasteiger partial charge < -0.3 is 24.8 Å². The summed E-state index contributed by atoms with van der Waals surface area (Å²) < 4.78 is 16.7. The van der Waals surface area contributed by atoms with Gasteiger partial charge in [0, 0.05) is 44.4 Å². The highest BCUT2D eigenvalue weighted by molar-refractivity contribution is 5.93. The van der Waals surface area contributed by atoms with Gasteiger partial charge in [0.05, 0.1) is 26.4 Å². The molecule has 0 aliphatic carbocycles. The molecular weight excluding hydrogens is 344 g/mol. The Morgan fingerprint density at radius 1 is 1.26 bits per heavy atom. The zero-order chi connectivity index (χ0) is 18.9. The molecular formula is C20H32N4O3. The number of benzene rings is 1. The van der Waals surface area contributed by atoms with Gasteiger partial charge in [0.1, 0.15) is 0 Å². The van der Waals surface area contributed by atoms with E-state index in [0.717, 1.165) is 62.4 Å². The van der Waals surface area contributed by atoms with Crippen molar-refractivity contribution in [1.29, 1.82) is 0 Å². The van der Waals surface area contributed by atoms with Crippen molar-refractivity contribution in [2.24, 2.45) is 4.99 Å². The van der Waals surface area contributed by atoms with Crippen molar-refractivity contribution in [3.05, 3.63) is 18.2 Å². The molecule has 1 aromatic carbocycles. The number of aliphatic imine (C=N–C) groups is 1. The van der Waals surface area contributed by atoms with E-state index in [2.05, 4.69) is 22.5 Å². The van der Waals surface area contributed by atoms with Crippen LogP contribution >= 0.6 is 0 Å². The molecule has 150 valence electrons. The molecule has 2 N–H and O–H groups in total. The Morgan fingerprint density at radius 3 is 2.93 bits per heavy atom. The number of hydrogen-bond acceptors (Lipinski definition) is 5. The summed E-state index contributed by atoms with van der Waals surface area (Å²) in [4.78, 5) is 7.30. The minimum absolute atomic E-state index is 0.486. The highest BCUT2D eigenvalue weighted by Gasteiger charge is 2.23. The molecule has 0 amide bonds. The number of methoxy groups -OCH3 is 1. The van der Waals surface area contributed by atoms with Crippen LogP contribution in [0.1, 0.15) is 26.2 Å². The number of anilines is 1. The molecule has 7 heteroatoms. The molecule has 0 radical (unpaired) electrons. The molecule has 27 heavy (non-hydrogen) atoms. The summed E-state index contributed by atoms with van der Waals surface area (Å²) in [6.07, 6.45) is 3.33. The zero-order valence-corrected chi connectivity index (χ0v) is 16.5. The van der Waals surface area contributed by atoms with Gasteiger partial charge >= 0.3 is 0 Å². The van der Waals surface area contributed by atoms with Crippen LogP contribution in [0, 0.1) is 0 Å². The summed E-state index contributed by atoms with van der Waals surface area (Å²) in [5.74, 6) is 2.39. The number of ether oxygens (including phenoxy) is 3. The first kappa shape index (κ1) is 19.8. The van der Waals surface area contributed by atoms with Crippen LogP contribution in [0.2, 0.25) is 0 Å². The third-order valence-electron chi connectivity index (χ3n) is 4.90. The highest BCUT2D eigenvalue weighted by atomic mass is 16.5. The lowest BCUT2D eigenvalue weighted by Crippen LogP contribution is -2.36. The molecule has 1 fully saturated rings. The van der Waals surface area contributed by atoms with Crippen molar-refractivity contribution in [3.8, 4) is 11.5 Å². The van der Waals surface area contributed by atoms with Crippen molar-refractivity contribution < 1.29 is 14.2 Å². The fraction of sp³-hybridized carbons (Fsp3) is 0.650. The summed E-state index contributed by atoms with van der Waals surface area (Å²) in [6.45, 7) is 7.94. The van der Waals surface area contributed by atoms with Crippen LogP contribution in [0.4, 0.5) is 5.69 Å². The van der Waals surface area contributed by atoms with E-state index in [-0.39, 0.29) is 0 Å². The molecule has 2 heterocycles. The van der Waals surface area contributed by atoms with Gasteiger partial charge in [0.15, 0.2) is 17.5 Å². The maximum absolute atomic E-state index is 5.78. The van der Waals surface area contributed by atoms with Gasteiger partial charge in [-0.3, -0.25) is 9.89 Å². The molecule has 7 nitrogen and oxygen atoms in total. The molecule has 0 aromatic heterocycles. The fourth-order valence-corrected chi connectivity index (χ4v) is 3.49. The van der Waals surface area contributed by atoms with Crippen molar-refractivity contribution in [2.45, 2.75) is 32.2 Å². The van der Waals surface area contributed by atoms with Crippen molar-refractivity contribution in [2.75, 3.05) is 58.4 Å². The second-order valence-corrected chi connectivity index (χ2v) is 6.88. The summed E-state index contributed by atoms with van der Waals surface area (Å²) >= 11 is 0. The second-order valence-electron chi connectivity index (χ2n) is 6.88. The predicted octanol–water partition coefficient (Wildman–Crippen LogP) is 2.34. The van der Waals surface area contributed by atoms with Crippen molar-refractivity contribution >= 4 is 11.6 Å². The molecule has 0 saturated carbocycles. The Balaban J connectivity index is 1.63. The topological polar surface area (TPSA) is 67.4 Å². The average molecular weight is 377 g/mol. The minimum atomic E-state index is 0.486. The van der Waals surface area contributed by atoms with E-state index in [1.54, 1.807) is 7.11 Å². The Hall–Kier alpha value is -1.99. The van der Waals surface area contributed by atoms with Gasteiger partial charge in [-0.1, -0.05) is 0 Å². The van der Waals surface area contributed by atoms with Crippen LogP contribution in [0.3, 0.4) is 0 Å². The van der Waals surface area contributed by atoms with Gasteiger partial charge in [-0.2, -0.15) is 0 Å². The lowest BCUT2D eigenvalue weighted by molar-refractivity contribution is 0.143. The maximum Gasteiger partial charge on any atom is 0.195 e. The first-order valence-electron chi connectivity index (χ1n) is 9.98. The standard InChI is InChI=1S/C20H32N4O3/c1-3-21-20(22-15-17-6-4-9-24(17)10-13-25-2)23-16-7-8-18-19(14-16)27-12-5-11-26-18/h7-8,14,17H,3-6,9-13,15H2,1-2H3,(H2,21,22,23). The van der Waals surface area contributed by atoms with Crippen LogP contribution in [0.15, 0.2) is 23.2 Å². The van der Waals surface area contributed by atoms with Crippen LogP contribution < -0.4 is 20.1 Å². The molecule has 1 saturated heterocycles. The summed E-state index contributed by atoms with van der Waals surface area (Å²) in [6, 6.07) is 6.42. The SMILES string of the molecule is CCNC(=NCC1CCCN1CCOC)Nc1ccc2c(c1)OCCCO2. The maximum atomic E-state index is 5.78. The van der Waals surface area contributed by atoms with Crippen molar-refractivity contribution in [3.63, 3.8) is 0 Å². The smallest absolute Gasteiger partial charge is 0.195 e. The van der Waals surface area contributed by atoms with E-state index in [9.17, 15) is 0 Å². The van der Waals surface area contributed by atoms with Crippen LogP contribution in [-0.4, -0.2) is 70.0 Å². The van der Waals surface area contributed by atoms with Gasteiger partial charge in [-0.25, -0.2) is 0 Å². The first-order valence-corrected chi connectivity index (χ1v) is 9.98. The largest absolute Gasteiger partial charge is 0.490 e. The summed E-state index contributed by atoms with van der Waals surface area (Å²) in [5.41, 5.74) is 0.946. The second kappa shape index (κ2) is 10.4. The minimum Gasteiger partial charge on any atom is -0.490 e. The van der Waals surface area contributed by atoms with Crippen LogP contribution in [-0.2, 0) is 4.74 Å². The van der Waals surface area contributed by atoms with E-state index in [1.807, 2.05) is 18.2 Å². The van der Waals surface area contributed by atoms with E-state index >= 15 is 0 Å². The van der Waals surface area contributed by atoms with Gasteiger partial charge in [0.25, 0.3) is 0 Å². The normalized spacial score (nSPS) is 20.4. The monoisotopic (exact) mass is 376 g/mol. The molecule has 2 aliphatic heterocycles. The number of hydrogen-bond donors (Lipinski definition) is 2. The highest BCUT2D eigenvalue weighted by Crippen LogP contribution is 2.32. The number of likely N-dealkylation sites (tertiary alicyclic amines) is 1. The molecule has 2 aliphatic rings. The molecule has 1 atom stereocenters. The fourth-order valence-electron chi connectivity index (χ4n) is 3.49. The summed E-state index contributed by atoms with van der Waals surface area (Å²) in [7, 11) is 1.76. The Bertz CT molecular complexity index is 623. The number of fused-ring (bicyclic) bond motifs is 1. The van der Waals surface area contributed by atoms with E-state index in [1.165, 1.54) is 12.8 Å². The average Bonchev–Trinajstić information content (AvgIpc) is 2.99. The Labute approximate surface area is 162 Å². The molecule has 1 aromatic rings. The molecule has 0 spiro atoms. The lowest BCUT2D eigenvalue weighted by Gasteiger charge is -2.23. The van der Waals surface area contributed by atoms with E-state index < -0.39 is 0 Å². The zero-order valence-electron chi connectivity index (χ0n) is 16.5. The van der Waals surface area contributed by atoms with E-state index in [4.69, 9.17) is 19.2 Å². The molecule has 0 bridgehead atoms. The number of guanidine groups is 1. The number of nitrogens with zero attached hydrogens (tertiary/aromatic N) is 2. The van der Waals surface area contributed by atoms with Gasteiger partial charge in [-0.15, -0.1) is 0 Å². The lowest BCUT2D eigenvalue weighted by atomic mass is 10.2. The quantitative estimate of drug-likeness (QED) is 0.562. The van der Waals surface area contributed by atoms with Crippen molar-refractivity contribution in [1.82, 2.24) is 10.2 Å². The first-order chi connectivity index (χ1) is 13.3. The predicted molar refractivity (Wildman–Crippen MR) is 108 cm³/mol. The van der Waals surface area contributed by atoms with Crippen LogP contribution in [0.25, 0.3) is 0 Å². The van der Waals surface area contributed by atoms with Gasteiger partial charge in [-0.05, 0) is 38.4 Å². The Morgan fingerprint density at radius 2 is 2.11 bits per heavy atom. The number of rotatable bonds is 7. The molecule has 3 rings (SSSR count). The third kappa shape index (κ3) is 5.74. The number of nitrogens with one attached hydrogen (secondary N) is 2. The van der Waals surface area contributed by atoms with Gasteiger partial charge in [0.2, 0.25) is 0 Å².